The van der Waals surface area contributed by atoms with Crippen molar-refractivity contribution in [1.82, 2.24) is 4.90 Å². The fraction of sp³-hybridized carbons (Fsp3) is 0.400. The molecule has 1 fully saturated rings. The molecule has 0 saturated carbocycles. The molecule has 0 aliphatic carbocycles. The van der Waals surface area contributed by atoms with E-state index in [1.807, 2.05) is 0 Å². The summed E-state index contributed by atoms with van der Waals surface area (Å²) in [6.45, 7) is -0.0743. The first-order chi connectivity index (χ1) is 10.4. The van der Waals surface area contributed by atoms with Crippen molar-refractivity contribution in [2.24, 2.45) is 5.92 Å². The van der Waals surface area contributed by atoms with Crippen LogP contribution >= 0.6 is 0 Å². The van der Waals surface area contributed by atoms with Crippen LogP contribution in [-0.4, -0.2) is 52.7 Å². The Hall–Kier alpha value is -2.57. The van der Waals surface area contributed by atoms with Crippen LogP contribution in [0.15, 0.2) is 24.3 Å². The van der Waals surface area contributed by atoms with Crippen LogP contribution in [0.1, 0.15) is 12.0 Å². The molecular weight excluding hydrogens is 290 g/mol. The highest BCUT2D eigenvalue weighted by atomic mass is 16.5. The molecule has 1 saturated heterocycles. The van der Waals surface area contributed by atoms with Crippen molar-refractivity contribution in [3.05, 3.63) is 29.8 Å². The van der Waals surface area contributed by atoms with Crippen LogP contribution in [0.25, 0.3) is 0 Å². The first-order valence-corrected chi connectivity index (χ1v) is 6.80. The van der Waals surface area contributed by atoms with E-state index in [-0.39, 0.29) is 19.4 Å². The third-order valence-electron chi connectivity index (χ3n) is 3.73. The monoisotopic (exact) mass is 307 g/mol. The molecule has 7 heteroatoms. The Morgan fingerprint density at radius 2 is 2.14 bits per heavy atom. The minimum Gasteiger partial charge on any atom is -0.497 e. The molecule has 0 radical (unpaired) electrons. The van der Waals surface area contributed by atoms with Gasteiger partial charge in [-0.2, -0.15) is 0 Å². The summed E-state index contributed by atoms with van der Waals surface area (Å²) < 4.78 is 5.09. The third-order valence-corrected chi connectivity index (χ3v) is 3.73. The Morgan fingerprint density at radius 3 is 2.68 bits per heavy atom. The number of likely N-dealkylation sites (tertiary alicyclic amines) is 1. The Kier molecular flexibility index (Phi) is 4.65. The molecule has 0 spiro atoms. The molecule has 22 heavy (non-hydrogen) atoms. The number of carbonyl (C=O) groups excluding carboxylic acids is 1. The molecule has 1 heterocycles. The largest absolute Gasteiger partial charge is 0.497 e. The van der Waals surface area contributed by atoms with Crippen LogP contribution in [0.3, 0.4) is 0 Å². The summed E-state index contributed by atoms with van der Waals surface area (Å²) in [7, 11) is 1.51. The van der Waals surface area contributed by atoms with E-state index in [2.05, 4.69) is 0 Å². The van der Waals surface area contributed by atoms with Gasteiger partial charge in [0.25, 0.3) is 0 Å². The van der Waals surface area contributed by atoms with E-state index >= 15 is 0 Å². The zero-order chi connectivity index (χ0) is 16.3. The van der Waals surface area contributed by atoms with Crippen molar-refractivity contribution in [3.63, 3.8) is 0 Å². The zero-order valence-electron chi connectivity index (χ0n) is 12.1. The van der Waals surface area contributed by atoms with Crippen molar-refractivity contribution in [3.8, 4) is 5.75 Å². The van der Waals surface area contributed by atoms with Gasteiger partial charge >= 0.3 is 11.9 Å². The van der Waals surface area contributed by atoms with Crippen LogP contribution in [0.2, 0.25) is 0 Å². The Labute approximate surface area is 127 Å². The molecule has 1 amide bonds. The Bertz CT molecular complexity index is 599. The van der Waals surface area contributed by atoms with Crippen LogP contribution in [0.5, 0.6) is 5.75 Å². The van der Waals surface area contributed by atoms with Crippen LogP contribution in [0.4, 0.5) is 0 Å². The van der Waals surface area contributed by atoms with Gasteiger partial charge in [0.15, 0.2) is 0 Å². The minimum atomic E-state index is -1.15. The van der Waals surface area contributed by atoms with Crippen molar-refractivity contribution >= 4 is 17.8 Å². The predicted octanol–water partition coefficient (Wildman–Crippen LogP) is 0.624. The smallest absolute Gasteiger partial charge is 0.326 e. The van der Waals surface area contributed by atoms with Crippen LogP contribution in [-0.2, 0) is 20.8 Å². The van der Waals surface area contributed by atoms with E-state index in [4.69, 9.17) is 9.84 Å². The van der Waals surface area contributed by atoms with Gasteiger partial charge in [0.1, 0.15) is 11.8 Å². The molecule has 1 aromatic rings. The van der Waals surface area contributed by atoms with Gasteiger partial charge in [-0.25, -0.2) is 4.79 Å². The maximum atomic E-state index is 11.9. The fourth-order valence-corrected chi connectivity index (χ4v) is 2.55. The number of nitrogens with zero attached hydrogens (tertiary/aromatic N) is 1. The maximum Gasteiger partial charge on any atom is 0.326 e. The lowest BCUT2D eigenvalue weighted by atomic mass is 10.0. The molecule has 0 aromatic heterocycles. The second-order valence-electron chi connectivity index (χ2n) is 5.20. The van der Waals surface area contributed by atoms with Gasteiger partial charge in [0, 0.05) is 19.4 Å². The topological polar surface area (TPSA) is 104 Å². The molecule has 7 nitrogen and oxygen atoms in total. The summed E-state index contributed by atoms with van der Waals surface area (Å²) in [5.41, 5.74) is 0.707. The average molecular weight is 307 g/mol. The van der Waals surface area contributed by atoms with Crippen LogP contribution in [0, 0.1) is 5.92 Å². The number of carbonyl (C=O) groups is 3. The quantitative estimate of drug-likeness (QED) is 0.798. The average Bonchev–Trinajstić information content (AvgIpc) is 2.86. The highest BCUT2D eigenvalue weighted by Crippen LogP contribution is 2.23. The summed E-state index contributed by atoms with van der Waals surface area (Å²) in [5, 5.41) is 18.4. The molecule has 118 valence electrons. The second kappa shape index (κ2) is 6.46. The van der Waals surface area contributed by atoms with Crippen molar-refractivity contribution < 1.29 is 29.3 Å². The van der Waals surface area contributed by atoms with Crippen molar-refractivity contribution in [2.45, 2.75) is 18.9 Å². The number of amides is 1. The second-order valence-corrected chi connectivity index (χ2v) is 5.20. The fourth-order valence-electron chi connectivity index (χ4n) is 2.55. The minimum absolute atomic E-state index is 0.0743. The third kappa shape index (κ3) is 3.36. The molecular formula is C15H17NO6. The number of carboxylic acids is 2. The lowest BCUT2D eigenvalue weighted by molar-refractivity contribution is -0.148. The highest BCUT2D eigenvalue weighted by molar-refractivity contribution is 5.89. The maximum absolute atomic E-state index is 11.9. The molecule has 1 aromatic carbocycles. The number of ether oxygens (including phenoxy) is 1. The summed E-state index contributed by atoms with van der Waals surface area (Å²) in [6.07, 6.45) is -0.0537. The van der Waals surface area contributed by atoms with E-state index in [1.54, 1.807) is 24.3 Å². The van der Waals surface area contributed by atoms with E-state index in [0.29, 0.717) is 11.3 Å². The molecule has 1 aliphatic heterocycles. The predicted molar refractivity (Wildman–Crippen MR) is 75.6 cm³/mol. The number of rotatable bonds is 6. The SMILES string of the molecule is COc1cccc(CC(C(=O)O)N2CC(C(=O)O)CC2=O)c1. The number of methoxy groups -OCH3 is 1. The molecule has 0 bridgehead atoms. The standard InChI is InChI=1S/C15H17NO6/c1-22-11-4-2-3-9(5-11)6-12(15(20)21)16-8-10(14(18)19)7-13(16)17/h2-5,10,12H,6-8H2,1H3,(H,18,19)(H,20,21). The number of hydrogen-bond donors (Lipinski definition) is 2. The van der Waals surface area contributed by atoms with E-state index < -0.39 is 29.8 Å². The summed E-state index contributed by atoms with van der Waals surface area (Å²) >= 11 is 0. The molecule has 2 atom stereocenters. The number of carboxylic acid groups (broad SMARTS) is 2. The number of hydrogen-bond acceptors (Lipinski definition) is 4. The molecule has 1 aliphatic rings. The van der Waals surface area contributed by atoms with Gasteiger partial charge in [-0.15, -0.1) is 0 Å². The normalized spacial score (nSPS) is 19.0. The number of aliphatic carboxylic acids is 2. The van der Waals surface area contributed by atoms with Gasteiger partial charge in [0.2, 0.25) is 5.91 Å². The van der Waals surface area contributed by atoms with Gasteiger partial charge in [-0.05, 0) is 17.7 Å². The van der Waals surface area contributed by atoms with Crippen molar-refractivity contribution in [2.75, 3.05) is 13.7 Å². The highest BCUT2D eigenvalue weighted by Gasteiger charge is 2.40. The summed E-state index contributed by atoms with van der Waals surface area (Å²) in [5.74, 6) is -2.93. The first kappa shape index (κ1) is 15.8. The molecule has 2 N–H and O–H groups in total. The van der Waals surface area contributed by atoms with Gasteiger partial charge < -0.3 is 19.8 Å². The summed E-state index contributed by atoms with van der Waals surface area (Å²) in [4.78, 5) is 35.5. The van der Waals surface area contributed by atoms with Crippen LogP contribution < -0.4 is 4.74 Å². The zero-order valence-corrected chi connectivity index (χ0v) is 12.1. The van der Waals surface area contributed by atoms with Crippen molar-refractivity contribution in [1.29, 1.82) is 0 Å². The molecule has 2 unspecified atom stereocenters. The van der Waals surface area contributed by atoms with E-state index in [9.17, 15) is 19.5 Å². The number of benzene rings is 1. The van der Waals surface area contributed by atoms with E-state index in [1.165, 1.54) is 7.11 Å². The Balaban J connectivity index is 2.18. The van der Waals surface area contributed by atoms with Gasteiger partial charge in [0.05, 0.1) is 13.0 Å². The van der Waals surface area contributed by atoms with E-state index in [0.717, 1.165) is 4.90 Å². The Morgan fingerprint density at radius 1 is 1.41 bits per heavy atom. The molecule has 2 rings (SSSR count). The summed E-state index contributed by atoms with van der Waals surface area (Å²) in [6, 6.07) is 5.84. The van der Waals surface area contributed by atoms with Gasteiger partial charge in [-0.3, -0.25) is 9.59 Å². The first-order valence-electron chi connectivity index (χ1n) is 6.80. The lowest BCUT2D eigenvalue weighted by Crippen LogP contribution is -2.44. The van der Waals surface area contributed by atoms with Gasteiger partial charge in [-0.1, -0.05) is 12.1 Å². The lowest BCUT2D eigenvalue weighted by Gasteiger charge is -2.24.